The molecule has 4 aromatic carbocycles. The Hall–Kier alpha value is -5.54. The van der Waals surface area contributed by atoms with Crippen LogP contribution in [0.1, 0.15) is 27.8 Å². The van der Waals surface area contributed by atoms with Gasteiger partial charge in [-0.3, -0.25) is 4.90 Å². The van der Waals surface area contributed by atoms with Gasteiger partial charge in [0, 0.05) is 0 Å². The van der Waals surface area contributed by atoms with E-state index in [9.17, 15) is 5.26 Å². The fourth-order valence-electron chi connectivity index (χ4n) is 5.40. The molecule has 0 saturated heterocycles. The fraction of sp³-hybridized carbons (Fsp3) is 0. The Morgan fingerprint density at radius 1 is 0.550 bits per heavy atom. The van der Waals surface area contributed by atoms with Crippen molar-refractivity contribution >= 4 is 58.6 Å². The number of nitrogens with zero attached hydrogens (tertiary/aromatic N) is 4. The fourth-order valence-corrected chi connectivity index (χ4v) is 5.40. The number of nitriles is 1. The number of aromatic nitrogens is 1. The van der Waals surface area contributed by atoms with Crippen molar-refractivity contribution in [1.82, 2.24) is 4.98 Å². The Kier molecular flexibility index (Phi) is 5.50. The van der Waals surface area contributed by atoms with Crippen LogP contribution in [0.3, 0.4) is 0 Å². The summed E-state index contributed by atoms with van der Waals surface area (Å²) < 4.78 is 31.8. The van der Waals surface area contributed by atoms with Crippen LogP contribution in [-0.4, -0.2) is 4.98 Å². The first kappa shape index (κ1) is 23.6. The number of halogens is 2. The van der Waals surface area contributed by atoms with Crippen molar-refractivity contribution in [1.29, 1.82) is 5.26 Å². The predicted octanol–water partition coefficient (Wildman–Crippen LogP) is 9.14. The number of anilines is 6. The molecule has 0 amide bonds. The van der Waals surface area contributed by atoms with Crippen LogP contribution in [0.25, 0.3) is 24.3 Å². The quantitative estimate of drug-likeness (QED) is 0.212. The third kappa shape index (κ3) is 3.60. The molecule has 0 fully saturated rings. The van der Waals surface area contributed by atoms with E-state index in [0.29, 0.717) is 22.7 Å². The maximum atomic E-state index is 16.1. The second-order valence-electron chi connectivity index (χ2n) is 9.45. The zero-order chi connectivity index (χ0) is 27.2. The topological polar surface area (TPSA) is 43.2 Å². The molecule has 1 aromatic heterocycles. The zero-order valence-corrected chi connectivity index (χ0v) is 21.1. The average molecular weight is 523 g/mol. The standard InChI is InChI=1S/C34H20F2N4/c35-31-32(39-27-13-5-1-9-22(27)17-18-23-10-2-6-14-28(23)39)26(21-37)34(38-33(31)36)40-29-15-7-3-11-24(29)19-20-25-12-4-8-16-30(25)40/h1-20H. The average Bonchev–Trinajstić information content (AvgIpc) is 3.26. The molecule has 0 spiro atoms. The number of benzene rings is 4. The normalized spacial score (nSPS) is 12.9. The van der Waals surface area contributed by atoms with Gasteiger partial charge in [-0.25, -0.2) is 0 Å². The number of pyridine rings is 1. The van der Waals surface area contributed by atoms with Crippen LogP contribution < -0.4 is 9.80 Å². The molecule has 40 heavy (non-hydrogen) atoms. The van der Waals surface area contributed by atoms with Crippen molar-refractivity contribution in [3.05, 3.63) is 137 Å². The van der Waals surface area contributed by atoms with Gasteiger partial charge in [-0.2, -0.15) is 19.0 Å². The minimum absolute atomic E-state index is 0.00664. The number of fused-ring (bicyclic) bond motifs is 4. The summed E-state index contributed by atoms with van der Waals surface area (Å²) in [5, 5.41) is 10.6. The van der Waals surface area contributed by atoms with Crippen LogP contribution >= 0.6 is 0 Å². The summed E-state index contributed by atoms with van der Waals surface area (Å²) in [6.07, 6.45) is 7.80. The molecule has 0 bridgehead atoms. The van der Waals surface area contributed by atoms with Gasteiger partial charge >= 0.3 is 0 Å². The number of hydrogen-bond acceptors (Lipinski definition) is 4. The highest BCUT2D eigenvalue weighted by atomic mass is 19.2. The van der Waals surface area contributed by atoms with Crippen molar-refractivity contribution in [2.75, 3.05) is 9.80 Å². The Bertz CT molecular complexity index is 1820. The summed E-state index contributed by atoms with van der Waals surface area (Å²) in [6, 6.07) is 32.3. The van der Waals surface area contributed by atoms with Gasteiger partial charge in [-0.05, 0) is 46.5 Å². The summed E-state index contributed by atoms with van der Waals surface area (Å²) in [5.41, 5.74) is 5.66. The summed E-state index contributed by atoms with van der Waals surface area (Å²) in [4.78, 5) is 7.45. The summed E-state index contributed by atoms with van der Waals surface area (Å²) in [7, 11) is 0. The number of hydrogen-bond donors (Lipinski definition) is 0. The van der Waals surface area contributed by atoms with Gasteiger partial charge in [-0.15, -0.1) is 0 Å². The maximum Gasteiger partial charge on any atom is 0.253 e. The summed E-state index contributed by atoms with van der Waals surface area (Å²) in [6.45, 7) is 0. The van der Waals surface area contributed by atoms with Crippen LogP contribution in [0.5, 0.6) is 0 Å². The van der Waals surface area contributed by atoms with Crippen molar-refractivity contribution in [2.24, 2.45) is 0 Å². The maximum absolute atomic E-state index is 16.1. The van der Waals surface area contributed by atoms with E-state index < -0.39 is 11.8 Å². The molecular formula is C34H20F2N4. The van der Waals surface area contributed by atoms with Crippen molar-refractivity contribution in [2.45, 2.75) is 0 Å². The van der Waals surface area contributed by atoms with Crippen molar-refractivity contribution in [3.8, 4) is 6.07 Å². The predicted molar refractivity (Wildman–Crippen MR) is 156 cm³/mol. The Balaban J connectivity index is 1.58. The van der Waals surface area contributed by atoms with Crippen molar-refractivity contribution < 1.29 is 8.78 Å². The molecule has 0 unspecified atom stereocenters. The first-order valence-corrected chi connectivity index (χ1v) is 12.8. The molecule has 0 N–H and O–H groups in total. The molecule has 0 saturated carbocycles. The van der Waals surface area contributed by atoms with Gasteiger partial charge in [0.05, 0.1) is 22.7 Å². The smallest absolute Gasteiger partial charge is 0.253 e. The number of rotatable bonds is 2. The van der Waals surface area contributed by atoms with E-state index >= 15 is 8.78 Å². The molecule has 2 aliphatic rings. The van der Waals surface area contributed by atoms with E-state index in [2.05, 4.69) is 11.1 Å². The van der Waals surface area contributed by atoms with E-state index in [4.69, 9.17) is 0 Å². The minimum atomic E-state index is -1.29. The zero-order valence-electron chi connectivity index (χ0n) is 21.1. The van der Waals surface area contributed by atoms with E-state index in [1.54, 1.807) is 9.80 Å². The Morgan fingerprint density at radius 2 is 0.925 bits per heavy atom. The van der Waals surface area contributed by atoms with Crippen molar-refractivity contribution in [3.63, 3.8) is 0 Å². The van der Waals surface area contributed by atoms with Gasteiger partial charge in [0.15, 0.2) is 5.82 Å². The van der Waals surface area contributed by atoms with Crippen LogP contribution in [0, 0.1) is 23.1 Å². The highest BCUT2D eigenvalue weighted by Gasteiger charge is 2.33. The Labute approximate surface area is 230 Å². The van der Waals surface area contributed by atoms with Crippen LogP contribution in [0.15, 0.2) is 97.1 Å². The van der Waals surface area contributed by atoms with Gasteiger partial charge < -0.3 is 4.90 Å². The summed E-state index contributed by atoms with van der Waals surface area (Å²) >= 11 is 0. The van der Waals surface area contributed by atoms with Crippen LogP contribution in [0.2, 0.25) is 0 Å². The lowest BCUT2D eigenvalue weighted by atomic mass is 10.1. The van der Waals surface area contributed by atoms with E-state index in [1.165, 1.54) is 0 Å². The molecular weight excluding hydrogens is 502 g/mol. The third-order valence-electron chi connectivity index (χ3n) is 7.20. The molecule has 3 heterocycles. The molecule has 0 aliphatic carbocycles. The first-order chi connectivity index (χ1) is 19.7. The van der Waals surface area contributed by atoms with Crippen LogP contribution in [-0.2, 0) is 0 Å². The molecule has 0 atom stereocenters. The molecule has 5 aromatic rings. The lowest BCUT2D eigenvalue weighted by molar-refractivity contribution is 0.481. The summed E-state index contributed by atoms with van der Waals surface area (Å²) in [5.74, 6) is -2.48. The Morgan fingerprint density at radius 3 is 1.32 bits per heavy atom. The van der Waals surface area contributed by atoms with Gasteiger partial charge in [-0.1, -0.05) is 97.1 Å². The minimum Gasteiger partial charge on any atom is -0.305 e. The highest BCUT2D eigenvalue weighted by Crippen LogP contribution is 2.49. The van der Waals surface area contributed by atoms with Gasteiger partial charge in [0.2, 0.25) is 5.82 Å². The third-order valence-corrected chi connectivity index (χ3v) is 7.20. The highest BCUT2D eigenvalue weighted by molar-refractivity contribution is 5.98. The largest absolute Gasteiger partial charge is 0.305 e. The van der Waals surface area contributed by atoms with Gasteiger partial charge in [0.25, 0.3) is 5.95 Å². The van der Waals surface area contributed by atoms with E-state index in [-0.39, 0.29) is 17.1 Å². The monoisotopic (exact) mass is 522 g/mol. The molecule has 6 heteroatoms. The number of para-hydroxylation sites is 4. The van der Waals surface area contributed by atoms with E-state index in [1.807, 2.05) is 121 Å². The SMILES string of the molecule is N#Cc1c(N2c3ccccc3C=Cc3ccccc32)nc(F)c(F)c1N1c2ccccc2C=Cc2ccccc21. The van der Waals surface area contributed by atoms with Gasteiger partial charge in [0.1, 0.15) is 17.3 Å². The molecule has 190 valence electrons. The molecule has 4 nitrogen and oxygen atoms in total. The molecule has 2 aliphatic heterocycles. The lowest BCUT2D eigenvalue weighted by Gasteiger charge is -2.31. The lowest BCUT2D eigenvalue weighted by Crippen LogP contribution is -2.21. The molecule has 7 rings (SSSR count). The second-order valence-corrected chi connectivity index (χ2v) is 9.45. The van der Waals surface area contributed by atoms with Crippen LogP contribution in [0.4, 0.5) is 43.0 Å². The molecule has 0 radical (unpaired) electrons. The first-order valence-electron chi connectivity index (χ1n) is 12.8. The second kappa shape index (κ2) is 9.33. The van der Waals surface area contributed by atoms with E-state index in [0.717, 1.165) is 22.3 Å².